The van der Waals surface area contributed by atoms with Crippen LogP contribution in [0.2, 0.25) is 0 Å². The second-order valence-electron chi connectivity index (χ2n) is 8.28. The summed E-state index contributed by atoms with van der Waals surface area (Å²) in [4.78, 5) is 42.0. The van der Waals surface area contributed by atoms with E-state index >= 15 is 0 Å². The van der Waals surface area contributed by atoms with Crippen LogP contribution >= 0.6 is 15.9 Å². The number of nitrogens with zero attached hydrogens (tertiary/aromatic N) is 2. The predicted octanol–water partition coefficient (Wildman–Crippen LogP) is 3.24. The van der Waals surface area contributed by atoms with Gasteiger partial charge in [0.1, 0.15) is 6.04 Å². The maximum absolute atomic E-state index is 13.3. The predicted molar refractivity (Wildman–Crippen MR) is 121 cm³/mol. The Kier molecular flexibility index (Phi) is 8.70. The van der Waals surface area contributed by atoms with Gasteiger partial charge in [-0.3, -0.25) is 9.59 Å². The molecule has 1 aromatic carbocycles. The van der Waals surface area contributed by atoms with Crippen LogP contribution in [0.25, 0.3) is 0 Å². The van der Waals surface area contributed by atoms with Gasteiger partial charge in [0, 0.05) is 41.8 Å². The van der Waals surface area contributed by atoms with Crippen molar-refractivity contribution in [1.82, 2.24) is 20.4 Å². The second kappa shape index (κ2) is 10.8. The number of carbonyl (C=O) groups excluding carboxylic acids is 3. The molecule has 1 heterocycles. The number of hydrogen-bond donors (Lipinski definition) is 2. The molecule has 0 saturated carbocycles. The molecule has 1 aliphatic heterocycles. The fourth-order valence-corrected chi connectivity index (χ4v) is 3.92. The molecule has 7 nitrogen and oxygen atoms in total. The smallest absolute Gasteiger partial charge is 0.317 e. The first kappa shape index (κ1) is 24.2. The first-order chi connectivity index (χ1) is 14.1. The Hall–Kier alpha value is -2.09. The molecule has 0 spiro atoms. The number of rotatable bonds is 6. The molecule has 1 aromatic rings. The summed E-state index contributed by atoms with van der Waals surface area (Å²) in [6.45, 7) is 11.1. The van der Waals surface area contributed by atoms with Crippen LogP contribution in [-0.2, 0) is 4.79 Å². The van der Waals surface area contributed by atoms with Crippen LogP contribution in [0.5, 0.6) is 0 Å². The second-order valence-corrected chi connectivity index (χ2v) is 9.19. The van der Waals surface area contributed by atoms with Crippen molar-refractivity contribution in [1.29, 1.82) is 0 Å². The lowest BCUT2D eigenvalue weighted by Crippen LogP contribution is -2.61. The van der Waals surface area contributed by atoms with E-state index in [2.05, 4.69) is 26.6 Å². The van der Waals surface area contributed by atoms with Crippen LogP contribution in [0.15, 0.2) is 28.7 Å². The Bertz CT molecular complexity index is 771. The van der Waals surface area contributed by atoms with E-state index in [1.54, 1.807) is 28.0 Å². The standard InChI is InChI=1S/C22H33BrN4O3/c1-6-15(4)19(25-20(28)17-8-7-9-18(23)12-17)21(29)26-10-11-27(16(5)13-26)22(30)24-14(2)3/h7-9,12,14-16,19H,6,10-11,13H2,1-5H3,(H,24,30)(H,25,28). The van der Waals surface area contributed by atoms with Gasteiger partial charge in [0.25, 0.3) is 5.91 Å². The number of hydrogen-bond acceptors (Lipinski definition) is 3. The number of piperazine rings is 1. The Morgan fingerprint density at radius 3 is 2.43 bits per heavy atom. The fourth-order valence-electron chi connectivity index (χ4n) is 3.52. The summed E-state index contributed by atoms with van der Waals surface area (Å²) < 4.78 is 0.811. The molecule has 2 rings (SSSR count). The van der Waals surface area contributed by atoms with E-state index < -0.39 is 6.04 Å². The van der Waals surface area contributed by atoms with Gasteiger partial charge >= 0.3 is 6.03 Å². The number of urea groups is 1. The molecule has 1 aliphatic rings. The monoisotopic (exact) mass is 480 g/mol. The molecule has 0 radical (unpaired) electrons. The van der Waals surface area contributed by atoms with Crippen LogP contribution in [0.3, 0.4) is 0 Å². The Labute approximate surface area is 187 Å². The van der Waals surface area contributed by atoms with Crippen LogP contribution < -0.4 is 10.6 Å². The van der Waals surface area contributed by atoms with E-state index in [-0.39, 0.29) is 35.8 Å². The molecule has 166 valence electrons. The highest BCUT2D eigenvalue weighted by Crippen LogP contribution is 2.17. The average Bonchev–Trinajstić information content (AvgIpc) is 2.70. The maximum Gasteiger partial charge on any atom is 0.317 e. The number of halogens is 1. The number of nitrogens with one attached hydrogen (secondary N) is 2. The van der Waals surface area contributed by atoms with E-state index in [0.717, 1.165) is 10.9 Å². The first-order valence-corrected chi connectivity index (χ1v) is 11.4. The van der Waals surface area contributed by atoms with Crippen LogP contribution in [-0.4, -0.2) is 65.4 Å². The van der Waals surface area contributed by atoms with Crippen LogP contribution in [0.4, 0.5) is 4.79 Å². The van der Waals surface area contributed by atoms with Gasteiger partial charge < -0.3 is 20.4 Å². The van der Waals surface area contributed by atoms with Gasteiger partial charge in [-0.05, 0) is 44.9 Å². The van der Waals surface area contributed by atoms with Gasteiger partial charge in [0.2, 0.25) is 5.91 Å². The van der Waals surface area contributed by atoms with E-state index in [4.69, 9.17) is 0 Å². The lowest BCUT2D eigenvalue weighted by molar-refractivity contribution is -0.136. The molecule has 8 heteroatoms. The Morgan fingerprint density at radius 1 is 1.17 bits per heavy atom. The Balaban J connectivity index is 2.08. The third kappa shape index (κ3) is 6.20. The van der Waals surface area contributed by atoms with E-state index in [0.29, 0.717) is 25.2 Å². The third-order valence-corrected chi connectivity index (χ3v) is 5.96. The molecule has 1 fully saturated rings. The van der Waals surface area contributed by atoms with Gasteiger partial charge in [-0.1, -0.05) is 42.3 Å². The topological polar surface area (TPSA) is 81.8 Å². The van der Waals surface area contributed by atoms with Gasteiger partial charge in [0.15, 0.2) is 0 Å². The summed E-state index contributed by atoms with van der Waals surface area (Å²) in [5.74, 6) is -0.368. The average molecular weight is 481 g/mol. The zero-order valence-electron chi connectivity index (χ0n) is 18.4. The first-order valence-electron chi connectivity index (χ1n) is 10.6. The summed E-state index contributed by atoms with van der Waals surface area (Å²) in [6.07, 6.45) is 0.765. The van der Waals surface area contributed by atoms with Gasteiger partial charge in [-0.25, -0.2) is 4.79 Å². The van der Waals surface area contributed by atoms with E-state index in [1.807, 2.05) is 40.7 Å². The minimum atomic E-state index is -0.607. The molecule has 30 heavy (non-hydrogen) atoms. The van der Waals surface area contributed by atoms with Crippen LogP contribution in [0, 0.1) is 5.92 Å². The molecule has 3 unspecified atom stereocenters. The number of benzene rings is 1. The van der Waals surface area contributed by atoms with Gasteiger partial charge in [-0.15, -0.1) is 0 Å². The summed E-state index contributed by atoms with van der Waals surface area (Å²) in [6, 6.07) is 6.36. The molecule has 0 aromatic heterocycles. The maximum atomic E-state index is 13.3. The van der Waals surface area contributed by atoms with Crippen molar-refractivity contribution in [2.45, 2.75) is 59.2 Å². The molecule has 0 bridgehead atoms. The summed E-state index contributed by atoms with van der Waals surface area (Å²) in [7, 11) is 0. The van der Waals surface area contributed by atoms with Crippen molar-refractivity contribution >= 4 is 33.8 Å². The van der Waals surface area contributed by atoms with Crippen LogP contribution in [0.1, 0.15) is 51.4 Å². The number of amides is 4. The van der Waals surface area contributed by atoms with Crippen molar-refractivity contribution in [2.24, 2.45) is 5.92 Å². The summed E-state index contributed by atoms with van der Waals surface area (Å²) in [5, 5.41) is 5.85. The normalized spacial score (nSPS) is 18.7. The van der Waals surface area contributed by atoms with Crippen molar-refractivity contribution in [3.63, 3.8) is 0 Å². The summed E-state index contributed by atoms with van der Waals surface area (Å²) in [5.41, 5.74) is 0.508. The third-order valence-electron chi connectivity index (χ3n) is 5.46. The highest BCUT2D eigenvalue weighted by atomic mass is 79.9. The van der Waals surface area contributed by atoms with Crippen molar-refractivity contribution in [2.75, 3.05) is 19.6 Å². The molecule has 0 aliphatic carbocycles. The van der Waals surface area contributed by atoms with Gasteiger partial charge in [-0.2, -0.15) is 0 Å². The van der Waals surface area contributed by atoms with E-state index in [9.17, 15) is 14.4 Å². The zero-order valence-corrected chi connectivity index (χ0v) is 20.0. The van der Waals surface area contributed by atoms with Crippen molar-refractivity contribution in [3.05, 3.63) is 34.3 Å². The molecular weight excluding hydrogens is 448 g/mol. The van der Waals surface area contributed by atoms with Crippen molar-refractivity contribution in [3.8, 4) is 0 Å². The molecule has 2 N–H and O–H groups in total. The minimum Gasteiger partial charge on any atom is -0.340 e. The largest absolute Gasteiger partial charge is 0.340 e. The van der Waals surface area contributed by atoms with Gasteiger partial charge in [0.05, 0.1) is 0 Å². The lowest BCUT2D eigenvalue weighted by atomic mass is 9.96. The molecule has 1 saturated heterocycles. The molecular formula is C22H33BrN4O3. The van der Waals surface area contributed by atoms with E-state index in [1.165, 1.54) is 0 Å². The fraction of sp³-hybridized carbons (Fsp3) is 0.591. The highest BCUT2D eigenvalue weighted by Gasteiger charge is 2.35. The minimum absolute atomic E-state index is 0.00817. The summed E-state index contributed by atoms with van der Waals surface area (Å²) >= 11 is 3.38. The molecule has 4 amide bonds. The zero-order chi connectivity index (χ0) is 22.4. The highest BCUT2D eigenvalue weighted by molar-refractivity contribution is 9.10. The SMILES string of the molecule is CCC(C)C(NC(=O)c1cccc(Br)c1)C(=O)N1CCN(C(=O)NC(C)C)C(C)C1. The van der Waals surface area contributed by atoms with Crippen molar-refractivity contribution < 1.29 is 14.4 Å². The molecule has 3 atom stereocenters. The quantitative estimate of drug-likeness (QED) is 0.655. The Morgan fingerprint density at radius 2 is 1.87 bits per heavy atom. The number of carbonyl (C=O) groups is 3. The lowest BCUT2D eigenvalue weighted by Gasteiger charge is -2.41.